The predicted molar refractivity (Wildman–Crippen MR) is 87.7 cm³/mol. The normalized spacial score (nSPS) is 12.1. The fourth-order valence-corrected chi connectivity index (χ4v) is 2.73. The molecule has 0 fully saturated rings. The molecule has 1 N–H and O–H groups in total. The van der Waals surface area contributed by atoms with Crippen LogP contribution in [0.1, 0.15) is 41.6 Å². The fraction of sp³-hybridized carbons (Fsp3) is 0.375. The summed E-state index contributed by atoms with van der Waals surface area (Å²) in [5.74, 6) is -0.0858. The molecule has 1 amide bonds. The molecule has 1 atom stereocenters. The van der Waals surface area contributed by atoms with Crippen LogP contribution in [0.15, 0.2) is 36.4 Å². The molecule has 1 aromatic carbocycles. The van der Waals surface area contributed by atoms with E-state index in [-0.39, 0.29) is 11.9 Å². The molecule has 0 aliphatic rings. The van der Waals surface area contributed by atoms with E-state index in [0.29, 0.717) is 17.6 Å². The Morgan fingerprint density at radius 3 is 2.62 bits per heavy atom. The minimum Gasteiger partial charge on any atom is -0.343 e. The first-order valence-corrected chi connectivity index (χ1v) is 8.30. The van der Waals surface area contributed by atoms with Gasteiger partial charge in [0.25, 0.3) is 5.91 Å². The molecule has 0 radical (unpaired) electrons. The molecule has 0 aliphatic carbocycles. The zero-order chi connectivity index (χ0) is 15.2. The van der Waals surface area contributed by atoms with Crippen LogP contribution in [-0.4, -0.2) is 21.0 Å². The van der Waals surface area contributed by atoms with Gasteiger partial charge in [0.1, 0.15) is 5.69 Å². The number of hydrogen-bond acceptors (Lipinski definition) is 2. The maximum Gasteiger partial charge on any atom is 0.270 e. The van der Waals surface area contributed by atoms with Crippen molar-refractivity contribution in [2.45, 2.75) is 32.9 Å². The zero-order valence-electron chi connectivity index (χ0n) is 12.3. The molecule has 0 spiro atoms. The van der Waals surface area contributed by atoms with Crippen molar-refractivity contribution in [2.24, 2.45) is 0 Å². The molecule has 0 saturated carbocycles. The summed E-state index contributed by atoms with van der Waals surface area (Å²) in [6.07, 6.45) is 0.827. The number of rotatable bonds is 6. The first kappa shape index (κ1) is 15.8. The predicted octanol–water partition coefficient (Wildman–Crippen LogP) is 3.33. The number of benzene rings is 1. The van der Waals surface area contributed by atoms with Crippen LogP contribution in [0.2, 0.25) is 0 Å². The van der Waals surface area contributed by atoms with Gasteiger partial charge in [0, 0.05) is 11.9 Å². The second-order valence-electron chi connectivity index (χ2n) is 4.78. The maximum absolute atomic E-state index is 12.5. The molecular weight excluding hydrogens is 330 g/mol. The van der Waals surface area contributed by atoms with Crippen molar-refractivity contribution >= 4 is 21.8 Å². The van der Waals surface area contributed by atoms with Gasteiger partial charge in [0.05, 0.1) is 11.7 Å². The topological polar surface area (TPSA) is 46.9 Å². The quantitative estimate of drug-likeness (QED) is 0.813. The number of halogens is 1. The van der Waals surface area contributed by atoms with Crippen molar-refractivity contribution in [2.75, 3.05) is 5.33 Å². The number of aryl methyl sites for hydroxylation is 2. The Morgan fingerprint density at radius 2 is 2.05 bits per heavy atom. The van der Waals surface area contributed by atoms with Gasteiger partial charge in [-0.15, -0.1) is 0 Å². The number of nitrogens with one attached hydrogen (secondary N) is 1. The lowest BCUT2D eigenvalue weighted by atomic mass is 10.1. The van der Waals surface area contributed by atoms with Gasteiger partial charge in [-0.2, -0.15) is 5.10 Å². The molecule has 21 heavy (non-hydrogen) atoms. The van der Waals surface area contributed by atoms with E-state index in [9.17, 15) is 4.79 Å². The smallest absolute Gasteiger partial charge is 0.270 e. The number of amides is 1. The molecule has 2 rings (SSSR count). The van der Waals surface area contributed by atoms with Crippen LogP contribution in [0.4, 0.5) is 0 Å². The Kier molecular flexibility index (Phi) is 5.56. The lowest BCUT2D eigenvalue weighted by Crippen LogP contribution is -2.31. The standard InChI is InChI=1S/C16H20BrN3O/c1-3-13-10-15(20(4-2)19-13)16(21)18-14(11-17)12-8-6-5-7-9-12/h5-10,14H,3-4,11H2,1-2H3,(H,18,21). The molecule has 5 heteroatoms. The SMILES string of the molecule is CCc1cc(C(=O)NC(CBr)c2ccccc2)n(CC)n1. The van der Waals surface area contributed by atoms with Crippen molar-refractivity contribution in [3.05, 3.63) is 53.3 Å². The molecule has 112 valence electrons. The van der Waals surface area contributed by atoms with Crippen LogP contribution in [0.3, 0.4) is 0 Å². The number of hydrogen-bond donors (Lipinski definition) is 1. The summed E-state index contributed by atoms with van der Waals surface area (Å²) in [6.45, 7) is 4.71. The average Bonchev–Trinajstić information content (AvgIpc) is 2.96. The molecule has 0 bridgehead atoms. The summed E-state index contributed by atoms with van der Waals surface area (Å²) in [4.78, 5) is 12.5. The molecule has 0 aliphatic heterocycles. The summed E-state index contributed by atoms with van der Waals surface area (Å²) in [6, 6.07) is 11.8. The van der Waals surface area contributed by atoms with E-state index in [2.05, 4.69) is 26.3 Å². The van der Waals surface area contributed by atoms with Crippen molar-refractivity contribution in [3.8, 4) is 0 Å². The number of nitrogens with zero attached hydrogens (tertiary/aromatic N) is 2. The number of carbonyl (C=O) groups is 1. The largest absolute Gasteiger partial charge is 0.343 e. The van der Waals surface area contributed by atoms with Crippen LogP contribution in [0.25, 0.3) is 0 Å². The van der Waals surface area contributed by atoms with Crippen LogP contribution in [0, 0.1) is 0 Å². The maximum atomic E-state index is 12.5. The van der Waals surface area contributed by atoms with E-state index in [0.717, 1.165) is 17.7 Å². The Morgan fingerprint density at radius 1 is 1.33 bits per heavy atom. The summed E-state index contributed by atoms with van der Waals surface area (Å²) in [5.41, 5.74) is 2.65. The molecule has 4 nitrogen and oxygen atoms in total. The number of carbonyl (C=O) groups excluding carboxylic acids is 1. The van der Waals surface area contributed by atoms with Crippen molar-refractivity contribution in [1.29, 1.82) is 0 Å². The molecule has 1 heterocycles. The van der Waals surface area contributed by atoms with Crippen molar-refractivity contribution < 1.29 is 4.79 Å². The minimum atomic E-state index is -0.0858. The van der Waals surface area contributed by atoms with Crippen LogP contribution in [0.5, 0.6) is 0 Å². The van der Waals surface area contributed by atoms with Crippen LogP contribution >= 0.6 is 15.9 Å². The van der Waals surface area contributed by atoms with Crippen molar-refractivity contribution in [3.63, 3.8) is 0 Å². The number of alkyl halides is 1. The Labute approximate surface area is 133 Å². The summed E-state index contributed by atoms with van der Waals surface area (Å²) in [5, 5.41) is 8.15. The highest BCUT2D eigenvalue weighted by molar-refractivity contribution is 9.09. The highest BCUT2D eigenvalue weighted by Crippen LogP contribution is 2.16. The first-order chi connectivity index (χ1) is 10.2. The van der Waals surface area contributed by atoms with Gasteiger partial charge in [0.2, 0.25) is 0 Å². The summed E-state index contributed by atoms with van der Waals surface area (Å²) >= 11 is 3.47. The third kappa shape index (κ3) is 3.73. The van der Waals surface area contributed by atoms with E-state index in [1.807, 2.05) is 50.2 Å². The van der Waals surface area contributed by atoms with E-state index in [1.54, 1.807) is 4.68 Å². The molecule has 0 saturated heterocycles. The Balaban J connectivity index is 2.18. The lowest BCUT2D eigenvalue weighted by molar-refractivity contribution is 0.0930. The van der Waals surface area contributed by atoms with Crippen molar-refractivity contribution in [1.82, 2.24) is 15.1 Å². The average molecular weight is 350 g/mol. The highest BCUT2D eigenvalue weighted by Gasteiger charge is 2.18. The van der Waals surface area contributed by atoms with E-state index >= 15 is 0 Å². The molecule has 1 unspecified atom stereocenters. The van der Waals surface area contributed by atoms with E-state index < -0.39 is 0 Å². The van der Waals surface area contributed by atoms with E-state index in [4.69, 9.17) is 0 Å². The second kappa shape index (κ2) is 7.41. The first-order valence-electron chi connectivity index (χ1n) is 7.18. The van der Waals surface area contributed by atoms with Gasteiger partial charge in [0.15, 0.2) is 0 Å². The summed E-state index contributed by atoms with van der Waals surface area (Å²) in [7, 11) is 0. The fourth-order valence-electron chi connectivity index (χ4n) is 2.20. The van der Waals surface area contributed by atoms with Crippen LogP contribution in [-0.2, 0) is 13.0 Å². The van der Waals surface area contributed by atoms with E-state index in [1.165, 1.54) is 0 Å². The van der Waals surface area contributed by atoms with Gasteiger partial charge in [-0.25, -0.2) is 0 Å². The minimum absolute atomic E-state index is 0.0519. The molecular formula is C16H20BrN3O. The van der Waals surface area contributed by atoms with Gasteiger partial charge >= 0.3 is 0 Å². The third-order valence-electron chi connectivity index (χ3n) is 3.39. The molecule has 2 aromatic rings. The van der Waals surface area contributed by atoms with Crippen LogP contribution < -0.4 is 5.32 Å². The molecule has 1 aromatic heterocycles. The number of aromatic nitrogens is 2. The lowest BCUT2D eigenvalue weighted by Gasteiger charge is -2.16. The van der Waals surface area contributed by atoms with Gasteiger partial charge in [-0.1, -0.05) is 53.2 Å². The third-order valence-corrected chi connectivity index (χ3v) is 4.03. The Hall–Kier alpha value is -1.62. The highest BCUT2D eigenvalue weighted by atomic mass is 79.9. The van der Waals surface area contributed by atoms with Gasteiger partial charge in [-0.05, 0) is 25.0 Å². The Bertz CT molecular complexity index is 595. The van der Waals surface area contributed by atoms with Gasteiger partial charge in [-0.3, -0.25) is 9.48 Å². The summed E-state index contributed by atoms with van der Waals surface area (Å²) < 4.78 is 1.75. The zero-order valence-corrected chi connectivity index (χ0v) is 13.9. The second-order valence-corrected chi connectivity index (χ2v) is 5.43. The van der Waals surface area contributed by atoms with Gasteiger partial charge < -0.3 is 5.32 Å². The monoisotopic (exact) mass is 349 g/mol.